The Morgan fingerprint density at radius 2 is 1.95 bits per heavy atom. The second kappa shape index (κ2) is 5.74. The molecule has 4 nitrogen and oxygen atoms in total. The molecule has 0 atom stereocenters. The van der Waals surface area contributed by atoms with E-state index in [4.69, 9.17) is 0 Å². The molecule has 0 aliphatic carbocycles. The predicted octanol–water partition coefficient (Wildman–Crippen LogP) is 3.56. The summed E-state index contributed by atoms with van der Waals surface area (Å²) in [6, 6.07) is 7.98. The Morgan fingerprint density at radius 1 is 1.30 bits per heavy atom. The normalized spacial score (nSPS) is 10.3. The van der Waals surface area contributed by atoms with Crippen LogP contribution < -0.4 is 0 Å². The number of hydrogen-bond acceptors (Lipinski definition) is 2. The fourth-order valence-electron chi connectivity index (χ4n) is 2.01. The van der Waals surface area contributed by atoms with E-state index in [1.807, 2.05) is 44.2 Å². The first kappa shape index (κ1) is 14.1. The van der Waals surface area contributed by atoms with Gasteiger partial charge in [0.15, 0.2) is 0 Å². The van der Waals surface area contributed by atoms with Crippen molar-refractivity contribution >= 4 is 12.0 Å². The molecule has 1 aromatic heterocycles. The van der Waals surface area contributed by atoms with Crippen molar-refractivity contribution in [3.8, 4) is 5.69 Å². The summed E-state index contributed by atoms with van der Waals surface area (Å²) in [5.41, 5.74) is 3.94. The summed E-state index contributed by atoms with van der Waals surface area (Å²) in [7, 11) is 0. The molecule has 1 N–H and O–H groups in total. The summed E-state index contributed by atoms with van der Waals surface area (Å²) in [4.78, 5) is 11.3. The van der Waals surface area contributed by atoms with Crippen molar-refractivity contribution in [1.29, 1.82) is 0 Å². The molecule has 0 saturated heterocycles. The van der Waals surface area contributed by atoms with Crippen molar-refractivity contribution < 1.29 is 9.90 Å². The predicted molar refractivity (Wildman–Crippen MR) is 79.2 cm³/mol. The summed E-state index contributed by atoms with van der Waals surface area (Å²) in [6.45, 7) is 5.96. The average Bonchev–Trinajstić information content (AvgIpc) is 2.82. The fourth-order valence-corrected chi connectivity index (χ4v) is 2.01. The third-order valence-electron chi connectivity index (χ3n) is 3.05. The molecule has 0 spiro atoms. The van der Waals surface area contributed by atoms with E-state index >= 15 is 0 Å². The molecule has 0 saturated carbocycles. The van der Waals surface area contributed by atoms with Crippen LogP contribution in [0.2, 0.25) is 0 Å². The lowest BCUT2D eigenvalue weighted by Crippen LogP contribution is -2.03. The molecule has 104 valence electrons. The maximum atomic E-state index is 11.3. The maximum absolute atomic E-state index is 11.3. The van der Waals surface area contributed by atoms with Gasteiger partial charge in [-0.15, -0.1) is 0 Å². The Hall–Kier alpha value is -2.36. The molecule has 2 rings (SSSR count). The number of hydrogen-bond donors (Lipinski definition) is 1. The molecule has 4 heteroatoms. The molecule has 1 heterocycles. The highest BCUT2D eigenvalue weighted by molar-refractivity contribution is 5.91. The average molecular weight is 270 g/mol. The molecule has 0 unspecified atom stereocenters. The molecule has 0 radical (unpaired) electrons. The molecular formula is C16H18N2O2. The van der Waals surface area contributed by atoms with Crippen LogP contribution in [0.3, 0.4) is 0 Å². The van der Waals surface area contributed by atoms with E-state index < -0.39 is 5.97 Å². The van der Waals surface area contributed by atoms with Crippen LogP contribution >= 0.6 is 0 Å². The minimum Gasteiger partial charge on any atom is -0.478 e. The highest BCUT2D eigenvalue weighted by Crippen LogP contribution is 2.19. The van der Waals surface area contributed by atoms with Gasteiger partial charge in [-0.2, -0.15) is 5.10 Å². The zero-order chi connectivity index (χ0) is 14.7. The maximum Gasteiger partial charge on any atom is 0.339 e. The molecule has 0 aliphatic rings. The number of allylic oxidation sites excluding steroid dienone is 1. The number of carboxylic acid groups (broad SMARTS) is 1. The molecule has 2 aromatic rings. The van der Waals surface area contributed by atoms with Gasteiger partial charge in [0, 0.05) is 0 Å². The summed E-state index contributed by atoms with van der Waals surface area (Å²) >= 11 is 0. The summed E-state index contributed by atoms with van der Waals surface area (Å²) in [6.07, 6.45) is 4.20. The largest absolute Gasteiger partial charge is 0.478 e. The van der Waals surface area contributed by atoms with Gasteiger partial charge in [-0.1, -0.05) is 24.6 Å². The van der Waals surface area contributed by atoms with Crippen LogP contribution in [0.1, 0.15) is 42.4 Å². The van der Waals surface area contributed by atoms with E-state index in [0.717, 1.165) is 17.7 Å². The van der Waals surface area contributed by atoms with E-state index in [-0.39, 0.29) is 5.56 Å². The number of rotatable bonds is 4. The second-order valence-electron chi connectivity index (χ2n) is 4.90. The highest BCUT2D eigenvalue weighted by Gasteiger charge is 2.15. The molecule has 0 fully saturated rings. The van der Waals surface area contributed by atoms with Gasteiger partial charge in [-0.3, -0.25) is 0 Å². The topological polar surface area (TPSA) is 55.1 Å². The van der Waals surface area contributed by atoms with Crippen LogP contribution in [0.4, 0.5) is 0 Å². The smallest absolute Gasteiger partial charge is 0.339 e. The van der Waals surface area contributed by atoms with Crippen LogP contribution in [0, 0.1) is 0 Å². The number of aryl methyl sites for hydroxylation is 1. The Morgan fingerprint density at radius 3 is 2.45 bits per heavy atom. The van der Waals surface area contributed by atoms with Crippen molar-refractivity contribution in [1.82, 2.24) is 9.78 Å². The zero-order valence-electron chi connectivity index (χ0n) is 11.9. The molecule has 1 aromatic carbocycles. The van der Waals surface area contributed by atoms with Crippen molar-refractivity contribution in [3.63, 3.8) is 0 Å². The monoisotopic (exact) mass is 270 g/mol. The second-order valence-corrected chi connectivity index (χ2v) is 4.90. The first-order chi connectivity index (χ1) is 9.52. The number of carboxylic acids is 1. The van der Waals surface area contributed by atoms with E-state index in [1.54, 1.807) is 4.68 Å². The van der Waals surface area contributed by atoms with E-state index in [1.165, 1.54) is 11.8 Å². The van der Waals surface area contributed by atoms with Gasteiger partial charge in [0.1, 0.15) is 5.56 Å². The van der Waals surface area contributed by atoms with Gasteiger partial charge < -0.3 is 5.11 Å². The zero-order valence-corrected chi connectivity index (χ0v) is 11.9. The Bertz CT molecular complexity index is 648. The third kappa shape index (κ3) is 2.79. The van der Waals surface area contributed by atoms with E-state index in [9.17, 15) is 9.90 Å². The van der Waals surface area contributed by atoms with Gasteiger partial charge >= 0.3 is 5.97 Å². The summed E-state index contributed by atoms with van der Waals surface area (Å²) in [5, 5.41) is 13.4. The van der Waals surface area contributed by atoms with Crippen LogP contribution in [0.15, 0.2) is 36.0 Å². The van der Waals surface area contributed by atoms with Gasteiger partial charge in [-0.25, -0.2) is 9.48 Å². The molecule has 20 heavy (non-hydrogen) atoms. The third-order valence-corrected chi connectivity index (χ3v) is 3.05. The lowest BCUT2D eigenvalue weighted by Gasteiger charge is -2.07. The highest BCUT2D eigenvalue weighted by atomic mass is 16.4. The number of nitrogens with zero attached hydrogens (tertiary/aromatic N) is 2. The standard InChI is InChI=1S/C16H18N2O2/c1-4-12-5-7-13(8-6-12)18-15(9-11(2)3)14(10-17-18)16(19)20/h5-10H,4H2,1-3H3,(H,19,20). The number of aromatic nitrogens is 2. The van der Waals surface area contributed by atoms with Gasteiger partial charge in [0.25, 0.3) is 0 Å². The van der Waals surface area contributed by atoms with Crippen molar-refractivity contribution in [2.75, 3.05) is 0 Å². The quantitative estimate of drug-likeness (QED) is 0.924. The lowest BCUT2D eigenvalue weighted by molar-refractivity contribution is 0.0696. The fraction of sp³-hybridized carbons (Fsp3) is 0.250. The van der Waals surface area contributed by atoms with Gasteiger partial charge in [0.2, 0.25) is 0 Å². The van der Waals surface area contributed by atoms with Crippen molar-refractivity contribution in [2.24, 2.45) is 0 Å². The molecule has 0 aliphatic heterocycles. The van der Waals surface area contributed by atoms with Crippen molar-refractivity contribution in [2.45, 2.75) is 27.2 Å². The Labute approximate surface area is 118 Å². The van der Waals surface area contributed by atoms with Gasteiger partial charge in [0.05, 0.1) is 17.6 Å². The van der Waals surface area contributed by atoms with Crippen LogP contribution in [-0.4, -0.2) is 20.9 Å². The number of aromatic carboxylic acids is 1. The van der Waals surface area contributed by atoms with Crippen molar-refractivity contribution in [3.05, 3.63) is 52.9 Å². The first-order valence-corrected chi connectivity index (χ1v) is 6.58. The van der Waals surface area contributed by atoms with E-state index in [2.05, 4.69) is 12.0 Å². The number of carbonyl (C=O) groups is 1. The number of benzene rings is 1. The SMILES string of the molecule is CCc1ccc(-n2ncc(C(=O)O)c2C=C(C)C)cc1. The summed E-state index contributed by atoms with van der Waals surface area (Å²) < 4.78 is 1.66. The van der Waals surface area contributed by atoms with Crippen LogP contribution in [0.25, 0.3) is 11.8 Å². The van der Waals surface area contributed by atoms with Crippen LogP contribution in [0.5, 0.6) is 0 Å². The minimum atomic E-state index is -0.964. The van der Waals surface area contributed by atoms with Crippen LogP contribution in [-0.2, 0) is 6.42 Å². The van der Waals surface area contributed by atoms with E-state index in [0.29, 0.717) is 5.69 Å². The first-order valence-electron chi connectivity index (χ1n) is 6.58. The Balaban J connectivity index is 2.55. The Kier molecular flexibility index (Phi) is 4.03. The molecular weight excluding hydrogens is 252 g/mol. The lowest BCUT2D eigenvalue weighted by atomic mass is 10.1. The molecule has 0 amide bonds. The molecule has 0 bridgehead atoms. The van der Waals surface area contributed by atoms with Gasteiger partial charge in [-0.05, 0) is 44.0 Å². The summed E-state index contributed by atoms with van der Waals surface area (Å²) in [5.74, 6) is -0.964. The minimum absolute atomic E-state index is 0.214.